The number of hydrogen-bond donors (Lipinski definition) is 1. The summed E-state index contributed by atoms with van der Waals surface area (Å²) in [7, 11) is 1.89. The van der Waals surface area contributed by atoms with Gasteiger partial charge in [-0.25, -0.2) is 4.68 Å². The maximum Gasteiger partial charge on any atom is 0.268 e. The van der Waals surface area contributed by atoms with Crippen LogP contribution in [0.4, 0.5) is 5.69 Å². The molecule has 0 bridgehead atoms. The van der Waals surface area contributed by atoms with Crippen LogP contribution >= 0.6 is 0 Å². The molecule has 1 aliphatic heterocycles. The summed E-state index contributed by atoms with van der Waals surface area (Å²) in [6, 6.07) is 1.96. The fourth-order valence-electron chi connectivity index (χ4n) is 2.24. The SMILES string of the molecule is CNC(C)Cn1ncc(N2CCCCC2)cc1=O. The standard InChI is InChI=1S/C13H22N4O/c1-11(14-2)10-17-13(18)8-12(9-15-17)16-6-4-3-5-7-16/h8-9,11,14H,3-7,10H2,1-2H3. The van der Waals surface area contributed by atoms with Gasteiger partial charge in [0.25, 0.3) is 5.56 Å². The fourth-order valence-corrected chi connectivity index (χ4v) is 2.24. The van der Waals surface area contributed by atoms with Crippen molar-refractivity contribution in [2.45, 2.75) is 38.8 Å². The van der Waals surface area contributed by atoms with Gasteiger partial charge in [0, 0.05) is 25.2 Å². The van der Waals surface area contributed by atoms with Gasteiger partial charge in [0.1, 0.15) is 0 Å². The molecular weight excluding hydrogens is 228 g/mol. The molecule has 1 unspecified atom stereocenters. The van der Waals surface area contributed by atoms with Crippen molar-refractivity contribution in [3.05, 3.63) is 22.6 Å². The van der Waals surface area contributed by atoms with Gasteiger partial charge in [-0.05, 0) is 33.2 Å². The predicted octanol–water partition coefficient (Wildman–Crippen LogP) is 0.841. The lowest BCUT2D eigenvalue weighted by Gasteiger charge is -2.28. The average Bonchev–Trinajstić information content (AvgIpc) is 2.42. The van der Waals surface area contributed by atoms with E-state index in [1.165, 1.54) is 23.9 Å². The first-order valence-corrected chi connectivity index (χ1v) is 6.70. The van der Waals surface area contributed by atoms with Crippen molar-refractivity contribution in [1.82, 2.24) is 15.1 Å². The highest BCUT2D eigenvalue weighted by atomic mass is 16.1. The summed E-state index contributed by atoms with van der Waals surface area (Å²) in [4.78, 5) is 14.2. The number of hydrogen-bond acceptors (Lipinski definition) is 4. The van der Waals surface area contributed by atoms with Gasteiger partial charge in [0.05, 0.1) is 18.4 Å². The van der Waals surface area contributed by atoms with Crippen LogP contribution in [-0.2, 0) is 6.54 Å². The molecule has 2 heterocycles. The van der Waals surface area contributed by atoms with Gasteiger partial charge < -0.3 is 10.2 Å². The zero-order valence-corrected chi connectivity index (χ0v) is 11.2. The maximum atomic E-state index is 12.0. The molecule has 1 aliphatic rings. The highest BCUT2D eigenvalue weighted by Gasteiger charge is 2.12. The van der Waals surface area contributed by atoms with E-state index < -0.39 is 0 Å². The third-order valence-electron chi connectivity index (χ3n) is 3.52. The van der Waals surface area contributed by atoms with Crippen molar-refractivity contribution in [2.24, 2.45) is 0 Å². The first-order chi connectivity index (χ1) is 8.70. The Labute approximate surface area is 108 Å². The van der Waals surface area contributed by atoms with Gasteiger partial charge in [0.2, 0.25) is 0 Å². The number of anilines is 1. The second-order valence-corrected chi connectivity index (χ2v) is 4.97. The van der Waals surface area contributed by atoms with Crippen LogP contribution in [-0.4, -0.2) is 36.0 Å². The summed E-state index contributed by atoms with van der Waals surface area (Å²) in [5, 5.41) is 7.37. The molecule has 18 heavy (non-hydrogen) atoms. The largest absolute Gasteiger partial charge is 0.370 e. The predicted molar refractivity (Wildman–Crippen MR) is 73.1 cm³/mol. The molecule has 1 aromatic heterocycles. The van der Waals surface area contributed by atoms with Crippen LogP contribution in [0, 0.1) is 0 Å². The lowest BCUT2D eigenvalue weighted by atomic mass is 10.1. The quantitative estimate of drug-likeness (QED) is 0.860. The number of nitrogens with zero attached hydrogens (tertiary/aromatic N) is 3. The minimum atomic E-state index is -0.0137. The van der Waals surface area contributed by atoms with Gasteiger partial charge >= 0.3 is 0 Å². The number of piperidine rings is 1. The number of likely N-dealkylation sites (N-methyl/N-ethyl adjacent to an activating group) is 1. The van der Waals surface area contributed by atoms with E-state index in [9.17, 15) is 4.79 Å². The normalized spacial score (nSPS) is 17.8. The van der Waals surface area contributed by atoms with Crippen LogP contribution in [0.2, 0.25) is 0 Å². The van der Waals surface area contributed by atoms with Gasteiger partial charge in [-0.2, -0.15) is 5.10 Å². The summed E-state index contributed by atoms with van der Waals surface area (Å²) >= 11 is 0. The monoisotopic (exact) mass is 250 g/mol. The van der Waals surface area contributed by atoms with Crippen LogP contribution in [0.5, 0.6) is 0 Å². The Bertz CT molecular complexity index is 437. The average molecular weight is 250 g/mol. The molecule has 1 atom stereocenters. The van der Waals surface area contributed by atoms with E-state index in [0.717, 1.165) is 18.8 Å². The zero-order valence-electron chi connectivity index (χ0n) is 11.2. The van der Waals surface area contributed by atoms with E-state index in [1.807, 2.05) is 20.2 Å². The van der Waals surface area contributed by atoms with Crippen LogP contribution in [0.25, 0.3) is 0 Å². The first kappa shape index (κ1) is 13.1. The second-order valence-electron chi connectivity index (χ2n) is 4.97. The van der Waals surface area contributed by atoms with Gasteiger partial charge in [-0.3, -0.25) is 4.79 Å². The fraction of sp³-hybridized carbons (Fsp3) is 0.692. The summed E-state index contributed by atoms with van der Waals surface area (Å²) in [5.41, 5.74) is 0.952. The highest BCUT2D eigenvalue weighted by molar-refractivity contribution is 5.43. The van der Waals surface area contributed by atoms with E-state index in [2.05, 4.69) is 15.3 Å². The molecule has 1 N–H and O–H groups in total. The summed E-state index contributed by atoms with van der Waals surface area (Å²) in [6.45, 7) is 4.72. The Morgan fingerprint density at radius 1 is 1.39 bits per heavy atom. The lowest BCUT2D eigenvalue weighted by molar-refractivity contribution is 0.463. The number of aromatic nitrogens is 2. The Morgan fingerprint density at radius 2 is 2.11 bits per heavy atom. The van der Waals surface area contributed by atoms with Gasteiger partial charge in [-0.1, -0.05) is 0 Å². The molecule has 5 heteroatoms. The summed E-state index contributed by atoms with van der Waals surface area (Å²) < 4.78 is 1.52. The Kier molecular flexibility index (Phi) is 4.36. The number of rotatable bonds is 4. The molecule has 100 valence electrons. The molecular formula is C13H22N4O. The van der Waals surface area contributed by atoms with Crippen LogP contribution < -0.4 is 15.8 Å². The van der Waals surface area contributed by atoms with E-state index in [0.29, 0.717) is 6.54 Å². The lowest BCUT2D eigenvalue weighted by Crippen LogP contribution is -2.35. The van der Waals surface area contributed by atoms with E-state index in [1.54, 1.807) is 6.07 Å². The molecule has 0 amide bonds. The van der Waals surface area contributed by atoms with Crippen LogP contribution in [0.1, 0.15) is 26.2 Å². The van der Waals surface area contributed by atoms with Crippen molar-refractivity contribution < 1.29 is 0 Å². The molecule has 1 saturated heterocycles. The molecule has 1 fully saturated rings. The second kappa shape index (κ2) is 6.00. The van der Waals surface area contributed by atoms with Crippen LogP contribution in [0.15, 0.2) is 17.1 Å². The molecule has 0 aliphatic carbocycles. The minimum absolute atomic E-state index is 0.0137. The molecule has 2 rings (SSSR count). The van der Waals surface area contributed by atoms with Crippen molar-refractivity contribution >= 4 is 5.69 Å². The molecule has 5 nitrogen and oxygen atoms in total. The maximum absolute atomic E-state index is 12.0. The third-order valence-corrected chi connectivity index (χ3v) is 3.52. The van der Waals surface area contributed by atoms with E-state index >= 15 is 0 Å². The Hall–Kier alpha value is -1.36. The molecule has 0 aromatic carbocycles. The Morgan fingerprint density at radius 3 is 2.72 bits per heavy atom. The zero-order chi connectivity index (χ0) is 13.0. The molecule has 0 saturated carbocycles. The summed E-state index contributed by atoms with van der Waals surface area (Å²) in [5.74, 6) is 0. The first-order valence-electron chi connectivity index (χ1n) is 6.70. The van der Waals surface area contributed by atoms with Crippen molar-refractivity contribution in [2.75, 3.05) is 25.0 Å². The topological polar surface area (TPSA) is 50.2 Å². The smallest absolute Gasteiger partial charge is 0.268 e. The van der Waals surface area contributed by atoms with Crippen molar-refractivity contribution in [3.8, 4) is 0 Å². The molecule has 0 spiro atoms. The summed E-state index contributed by atoms with van der Waals surface area (Å²) in [6.07, 6.45) is 5.52. The van der Waals surface area contributed by atoms with E-state index in [4.69, 9.17) is 0 Å². The van der Waals surface area contributed by atoms with Gasteiger partial charge in [-0.15, -0.1) is 0 Å². The Balaban J connectivity index is 2.11. The van der Waals surface area contributed by atoms with Crippen LogP contribution in [0.3, 0.4) is 0 Å². The third kappa shape index (κ3) is 3.10. The molecule has 0 radical (unpaired) electrons. The minimum Gasteiger partial charge on any atom is -0.370 e. The number of nitrogens with one attached hydrogen (secondary N) is 1. The molecule has 1 aromatic rings. The van der Waals surface area contributed by atoms with Crippen molar-refractivity contribution in [3.63, 3.8) is 0 Å². The van der Waals surface area contributed by atoms with E-state index in [-0.39, 0.29) is 11.6 Å². The highest BCUT2D eigenvalue weighted by Crippen LogP contribution is 2.16. The van der Waals surface area contributed by atoms with Crippen molar-refractivity contribution in [1.29, 1.82) is 0 Å². The van der Waals surface area contributed by atoms with Gasteiger partial charge in [0.15, 0.2) is 0 Å².